The highest BCUT2D eigenvalue weighted by Gasteiger charge is 2.18. The molecule has 0 saturated carbocycles. The van der Waals surface area contributed by atoms with E-state index in [0.29, 0.717) is 31.1 Å². The Bertz CT molecular complexity index is 943. The van der Waals surface area contributed by atoms with Crippen molar-refractivity contribution < 1.29 is 22.7 Å². The van der Waals surface area contributed by atoms with E-state index in [0.717, 1.165) is 17.7 Å². The van der Waals surface area contributed by atoms with Crippen molar-refractivity contribution in [2.24, 2.45) is 0 Å². The molecule has 28 heavy (non-hydrogen) atoms. The molecule has 0 aliphatic carbocycles. The molecular weight excluding hydrogens is 380 g/mol. The average molecular weight is 404 g/mol. The van der Waals surface area contributed by atoms with Crippen LogP contribution in [0.4, 0.5) is 5.69 Å². The van der Waals surface area contributed by atoms with E-state index in [9.17, 15) is 13.2 Å². The summed E-state index contributed by atoms with van der Waals surface area (Å²) in [4.78, 5) is 12.1. The number of nitrogens with one attached hydrogen (secondary N) is 2. The van der Waals surface area contributed by atoms with E-state index in [2.05, 4.69) is 10.0 Å². The van der Waals surface area contributed by atoms with Gasteiger partial charge in [0.05, 0.1) is 18.1 Å². The van der Waals surface area contributed by atoms with Gasteiger partial charge in [0.25, 0.3) is 0 Å². The molecule has 7 nitrogen and oxygen atoms in total. The summed E-state index contributed by atoms with van der Waals surface area (Å²) in [6.07, 6.45) is 1.36. The molecule has 0 radical (unpaired) electrons. The smallest absolute Gasteiger partial charge is 0.240 e. The van der Waals surface area contributed by atoms with Gasteiger partial charge in [-0.1, -0.05) is 12.1 Å². The molecule has 150 valence electrons. The van der Waals surface area contributed by atoms with Crippen LogP contribution in [0.1, 0.15) is 24.8 Å². The molecule has 2 aromatic carbocycles. The van der Waals surface area contributed by atoms with Crippen molar-refractivity contribution in [3.8, 4) is 11.5 Å². The number of aryl methyl sites for hydroxylation is 1. The summed E-state index contributed by atoms with van der Waals surface area (Å²) in [5, 5.41) is 2.81. The fourth-order valence-corrected chi connectivity index (χ4v) is 3.89. The van der Waals surface area contributed by atoms with E-state index < -0.39 is 10.0 Å². The van der Waals surface area contributed by atoms with Crippen molar-refractivity contribution in [2.75, 3.05) is 25.1 Å². The zero-order valence-electron chi connectivity index (χ0n) is 15.7. The summed E-state index contributed by atoms with van der Waals surface area (Å²) in [6, 6.07) is 12.1. The zero-order valence-corrected chi connectivity index (χ0v) is 16.6. The van der Waals surface area contributed by atoms with Crippen molar-refractivity contribution in [1.29, 1.82) is 0 Å². The molecule has 2 aromatic rings. The Labute approximate surface area is 165 Å². The molecule has 0 aromatic heterocycles. The lowest BCUT2D eigenvalue weighted by Gasteiger charge is -2.11. The van der Waals surface area contributed by atoms with Gasteiger partial charge in [-0.05, 0) is 43.2 Å². The number of benzene rings is 2. The Morgan fingerprint density at radius 1 is 1.07 bits per heavy atom. The van der Waals surface area contributed by atoms with Crippen LogP contribution in [0.3, 0.4) is 0 Å². The van der Waals surface area contributed by atoms with Gasteiger partial charge < -0.3 is 14.8 Å². The van der Waals surface area contributed by atoms with Gasteiger partial charge in [0.1, 0.15) is 0 Å². The molecule has 0 spiro atoms. The number of amides is 1. The minimum absolute atomic E-state index is 0.112. The average Bonchev–Trinajstić information content (AvgIpc) is 2.90. The van der Waals surface area contributed by atoms with Crippen molar-refractivity contribution >= 4 is 21.6 Å². The number of hydrogen-bond donors (Lipinski definition) is 2. The van der Waals surface area contributed by atoms with Gasteiger partial charge in [0.15, 0.2) is 11.5 Å². The maximum absolute atomic E-state index is 12.5. The molecule has 0 fully saturated rings. The normalized spacial score (nSPS) is 13.6. The summed E-state index contributed by atoms with van der Waals surface area (Å²) in [6.45, 7) is 3.14. The van der Waals surface area contributed by atoms with Crippen LogP contribution >= 0.6 is 0 Å². The predicted molar refractivity (Wildman–Crippen MR) is 106 cm³/mol. The molecule has 1 aliphatic heterocycles. The first-order chi connectivity index (χ1) is 13.4. The van der Waals surface area contributed by atoms with Crippen LogP contribution in [0.2, 0.25) is 0 Å². The first-order valence-electron chi connectivity index (χ1n) is 9.20. The van der Waals surface area contributed by atoms with E-state index in [1.54, 1.807) is 6.07 Å². The van der Waals surface area contributed by atoms with E-state index in [1.165, 1.54) is 12.1 Å². The molecule has 8 heteroatoms. The fourth-order valence-electron chi connectivity index (χ4n) is 2.80. The standard InChI is InChI=1S/C20H24N2O5S/c1-15-5-2-6-16(13-15)22-20(23)7-3-10-21-28(24,25)17-8-9-18-19(14-17)27-12-4-11-26-18/h2,5-6,8-9,13-14,21H,3-4,7,10-12H2,1H3,(H,22,23). The SMILES string of the molecule is Cc1cccc(NC(=O)CCCNS(=O)(=O)c2ccc3c(c2)OCCCO3)c1. The molecule has 0 bridgehead atoms. The number of anilines is 1. The van der Waals surface area contributed by atoms with Gasteiger partial charge in [-0.2, -0.15) is 0 Å². The maximum Gasteiger partial charge on any atom is 0.240 e. The molecule has 0 unspecified atom stereocenters. The topological polar surface area (TPSA) is 93.7 Å². The van der Waals surface area contributed by atoms with Crippen molar-refractivity contribution in [1.82, 2.24) is 4.72 Å². The largest absolute Gasteiger partial charge is 0.490 e. The summed E-state index contributed by atoms with van der Waals surface area (Å²) in [7, 11) is -3.69. The Morgan fingerprint density at radius 3 is 2.64 bits per heavy atom. The highest BCUT2D eigenvalue weighted by Crippen LogP contribution is 2.31. The number of rotatable bonds is 7. The predicted octanol–water partition coefficient (Wildman–Crippen LogP) is 2.85. The monoisotopic (exact) mass is 404 g/mol. The van der Waals surface area contributed by atoms with Crippen LogP contribution in [0, 0.1) is 6.92 Å². The van der Waals surface area contributed by atoms with Crippen LogP contribution in [0.15, 0.2) is 47.4 Å². The molecule has 3 rings (SSSR count). The summed E-state index contributed by atoms with van der Waals surface area (Å²) in [5.41, 5.74) is 1.79. The van der Waals surface area contributed by atoms with E-state index in [4.69, 9.17) is 9.47 Å². The van der Waals surface area contributed by atoms with Crippen LogP contribution in [0.25, 0.3) is 0 Å². The quantitative estimate of drug-likeness (QED) is 0.692. The first kappa shape index (κ1) is 20.2. The molecule has 2 N–H and O–H groups in total. The summed E-state index contributed by atoms with van der Waals surface area (Å²) < 4.78 is 38.5. The number of fused-ring (bicyclic) bond motifs is 1. The van der Waals surface area contributed by atoms with E-state index in [1.807, 2.05) is 31.2 Å². The number of hydrogen-bond acceptors (Lipinski definition) is 5. The lowest BCUT2D eigenvalue weighted by molar-refractivity contribution is -0.116. The molecule has 0 saturated heterocycles. The second-order valence-electron chi connectivity index (χ2n) is 6.58. The third-order valence-electron chi connectivity index (χ3n) is 4.20. The van der Waals surface area contributed by atoms with Crippen molar-refractivity contribution in [3.63, 3.8) is 0 Å². The second kappa shape index (κ2) is 9.07. The van der Waals surface area contributed by atoms with Gasteiger partial charge in [-0.3, -0.25) is 4.79 Å². The summed E-state index contributed by atoms with van der Waals surface area (Å²) in [5.74, 6) is 0.822. The molecular formula is C20H24N2O5S. The lowest BCUT2D eigenvalue weighted by atomic mass is 10.2. The lowest BCUT2D eigenvalue weighted by Crippen LogP contribution is -2.25. The van der Waals surface area contributed by atoms with Gasteiger partial charge >= 0.3 is 0 Å². The van der Waals surface area contributed by atoms with Crippen LogP contribution in [-0.4, -0.2) is 34.1 Å². The van der Waals surface area contributed by atoms with E-state index in [-0.39, 0.29) is 23.8 Å². The van der Waals surface area contributed by atoms with E-state index >= 15 is 0 Å². The Balaban J connectivity index is 1.50. The fraction of sp³-hybridized carbons (Fsp3) is 0.350. The number of sulfonamides is 1. The van der Waals surface area contributed by atoms with Crippen LogP contribution in [-0.2, 0) is 14.8 Å². The number of carbonyl (C=O) groups excluding carboxylic acids is 1. The summed E-state index contributed by atoms with van der Waals surface area (Å²) >= 11 is 0. The van der Waals surface area contributed by atoms with Crippen LogP contribution < -0.4 is 19.5 Å². The van der Waals surface area contributed by atoms with Gasteiger partial charge in [0, 0.05) is 31.1 Å². The molecule has 0 atom stereocenters. The highest BCUT2D eigenvalue weighted by molar-refractivity contribution is 7.89. The van der Waals surface area contributed by atoms with Gasteiger partial charge in [-0.15, -0.1) is 0 Å². The Morgan fingerprint density at radius 2 is 1.86 bits per heavy atom. The number of carbonyl (C=O) groups is 1. The van der Waals surface area contributed by atoms with Crippen molar-refractivity contribution in [3.05, 3.63) is 48.0 Å². The first-order valence-corrected chi connectivity index (χ1v) is 10.7. The van der Waals surface area contributed by atoms with Crippen LogP contribution in [0.5, 0.6) is 11.5 Å². The molecule has 1 heterocycles. The molecule has 1 aliphatic rings. The highest BCUT2D eigenvalue weighted by atomic mass is 32.2. The van der Waals surface area contributed by atoms with Gasteiger partial charge in [-0.25, -0.2) is 13.1 Å². The third kappa shape index (κ3) is 5.46. The Hall–Kier alpha value is -2.58. The minimum atomic E-state index is -3.69. The third-order valence-corrected chi connectivity index (χ3v) is 5.66. The van der Waals surface area contributed by atoms with Gasteiger partial charge in [0.2, 0.25) is 15.9 Å². The maximum atomic E-state index is 12.5. The minimum Gasteiger partial charge on any atom is -0.490 e. The number of ether oxygens (including phenoxy) is 2. The Kier molecular flexibility index (Phi) is 6.53. The van der Waals surface area contributed by atoms with Crippen molar-refractivity contribution in [2.45, 2.75) is 31.1 Å². The molecule has 1 amide bonds. The zero-order chi connectivity index (χ0) is 20.0. The second-order valence-corrected chi connectivity index (χ2v) is 8.34.